The lowest BCUT2D eigenvalue weighted by Crippen LogP contribution is -2.39. The maximum absolute atomic E-state index is 12.5. The molecule has 1 aromatic carbocycles. The highest BCUT2D eigenvalue weighted by Gasteiger charge is 2.31. The third-order valence-corrected chi connectivity index (χ3v) is 4.23. The minimum Gasteiger partial charge on any atom is -0.366 e. The Labute approximate surface area is 118 Å². The molecule has 2 bridgehead atoms. The molecule has 3 rings (SSSR count). The number of likely N-dealkylation sites (tertiary alicyclic amines) is 1. The number of carbonyl (C=O) groups excluding carboxylic acids is 2. The SMILES string of the molecule is NC(=O)c1ccc(C(=O)N2CCC3CCC(C2)N3)cc1. The molecule has 20 heavy (non-hydrogen) atoms. The van der Waals surface area contributed by atoms with E-state index in [-0.39, 0.29) is 5.91 Å². The predicted molar refractivity (Wildman–Crippen MR) is 75.4 cm³/mol. The van der Waals surface area contributed by atoms with Gasteiger partial charge in [-0.05, 0) is 43.5 Å². The standard InChI is InChI=1S/C15H19N3O2/c16-14(19)10-1-3-11(4-2-10)15(20)18-8-7-12-5-6-13(9-18)17-12/h1-4,12-13,17H,5-9H2,(H2,16,19). The van der Waals surface area contributed by atoms with Crippen molar-refractivity contribution < 1.29 is 9.59 Å². The minimum atomic E-state index is -0.472. The van der Waals surface area contributed by atoms with Crippen molar-refractivity contribution in [2.75, 3.05) is 13.1 Å². The predicted octanol–water partition coefficient (Wildman–Crippen LogP) is 0.752. The second kappa shape index (κ2) is 5.25. The van der Waals surface area contributed by atoms with Crippen LogP contribution in [0.15, 0.2) is 24.3 Å². The van der Waals surface area contributed by atoms with Crippen LogP contribution in [0.25, 0.3) is 0 Å². The maximum Gasteiger partial charge on any atom is 0.253 e. The smallest absolute Gasteiger partial charge is 0.253 e. The number of nitrogens with two attached hydrogens (primary N) is 1. The number of primary amides is 1. The van der Waals surface area contributed by atoms with Crippen LogP contribution in [0.5, 0.6) is 0 Å². The molecule has 2 unspecified atom stereocenters. The van der Waals surface area contributed by atoms with Gasteiger partial charge in [-0.25, -0.2) is 0 Å². The van der Waals surface area contributed by atoms with E-state index >= 15 is 0 Å². The van der Waals surface area contributed by atoms with E-state index in [9.17, 15) is 9.59 Å². The van der Waals surface area contributed by atoms with E-state index in [2.05, 4.69) is 5.32 Å². The maximum atomic E-state index is 12.5. The van der Waals surface area contributed by atoms with Gasteiger partial charge in [0.2, 0.25) is 5.91 Å². The molecule has 0 aromatic heterocycles. The van der Waals surface area contributed by atoms with E-state index in [0.717, 1.165) is 25.9 Å². The Hall–Kier alpha value is -1.88. The number of fused-ring (bicyclic) bond motifs is 2. The molecule has 2 saturated heterocycles. The van der Waals surface area contributed by atoms with Crippen LogP contribution in [-0.2, 0) is 0 Å². The summed E-state index contributed by atoms with van der Waals surface area (Å²) in [6.07, 6.45) is 3.39. The first-order chi connectivity index (χ1) is 9.63. The zero-order valence-corrected chi connectivity index (χ0v) is 11.3. The van der Waals surface area contributed by atoms with Crippen LogP contribution in [0.4, 0.5) is 0 Å². The van der Waals surface area contributed by atoms with Gasteiger partial charge in [-0.2, -0.15) is 0 Å². The van der Waals surface area contributed by atoms with E-state index in [4.69, 9.17) is 5.73 Å². The molecule has 2 fully saturated rings. The molecule has 2 amide bonds. The second-order valence-corrected chi connectivity index (χ2v) is 5.62. The topological polar surface area (TPSA) is 75.4 Å². The molecule has 0 aliphatic carbocycles. The molecule has 0 radical (unpaired) electrons. The molecular formula is C15H19N3O2. The Balaban J connectivity index is 1.73. The fourth-order valence-corrected chi connectivity index (χ4v) is 3.09. The minimum absolute atomic E-state index is 0.0374. The number of hydrogen-bond donors (Lipinski definition) is 2. The second-order valence-electron chi connectivity index (χ2n) is 5.62. The van der Waals surface area contributed by atoms with Gasteiger partial charge in [-0.1, -0.05) is 0 Å². The van der Waals surface area contributed by atoms with Crippen molar-refractivity contribution in [3.05, 3.63) is 35.4 Å². The van der Waals surface area contributed by atoms with Crippen LogP contribution in [0, 0.1) is 0 Å². The van der Waals surface area contributed by atoms with Gasteiger partial charge in [0.25, 0.3) is 5.91 Å². The third kappa shape index (κ3) is 2.54. The van der Waals surface area contributed by atoms with E-state index in [0.29, 0.717) is 23.2 Å². The third-order valence-electron chi connectivity index (χ3n) is 4.23. The van der Waals surface area contributed by atoms with Crippen LogP contribution in [0.3, 0.4) is 0 Å². The Morgan fingerprint density at radius 3 is 2.40 bits per heavy atom. The van der Waals surface area contributed by atoms with Crippen molar-refractivity contribution in [1.82, 2.24) is 10.2 Å². The van der Waals surface area contributed by atoms with Crippen molar-refractivity contribution in [3.8, 4) is 0 Å². The average Bonchev–Trinajstić information content (AvgIpc) is 2.78. The van der Waals surface area contributed by atoms with Gasteiger partial charge in [-0.15, -0.1) is 0 Å². The summed E-state index contributed by atoms with van der Waals surface area (Å²) in [4.78, 5) is 25.4. The quantitative estimate of drug-likeness (QED) is 0.835. The molecule has 2 atom stereocenters. The van der Waals surface area contributed by atoms with Crippen molar-refractivity contribution in [3.63, 3.8) is 0 Å². The fourth-order valence-electron chi connectivity index (χ4n) is 3.09. The van der Waals surface area contributed by atoms with Crippen LogP contribution in [-0.4, -0.2) is 41.9 Å². The number of nitrogens with zero attached hydrogens (tertiary/aromatic N) is 1. The van der Waals surface area contributed by atoms with Crippen LogP contribution in [0.2, 0.25) is 0 Å². The highest BCUT2D eigenvalue weighted by molar-refractivity contribution is 5.97. The Morgan fingerprint density at radius 2 is 1.70 bits per heavy atom. The van der Waals surface area contributed by atoms with Crippen LogP contribution < -0.4 is 11.1 Å². The summed E-state index contributed by atoms with van der Waals surface area (Å²) in [5.74, 6) is -0.435. The van der Waals surface area contributed by atoms with E-state index < -0.39 is 5.91 Å². The number of amides is 2. The van der Waals surface area contributed by atoms with Gasteiger partial charge in [0.1, 0.15) is 0 Å². The number of carbonyl (C=O) groups is 2. The molecule has 3 N–H and O–H groups in total. The van der Waals surface area contributed by atoms with Gasteiger partial charge in [0.15, 0.2) is 0 Å². The number of benzene rings is 1. The number of rotatable bonds is 2. The lowest BCUT2D eigenvalue weighted by Gasteiger charge is -2.24. The van der Waals surface area contributed by atoms with E-state index in [1.807, 2.05) is 4.90 Å². The Morgan fingerprint density at radius 1 is 1.05 bits per heavy atom. The number of hydrogen-bond acceptors (Lipinski definition) is 3. The van der Waals surface area contributed by atoms with Gasteiger partial charge in [0.05, 0.1) is 0 Å². The Kier molecular flexibility index (Phi) is 3.44. The highest BCUT2D eigenvalue weighted by atomic mass is 16.2. The highest BCUT2D eigenvalue weighted by Crippen LogP contribution is 2.21. The normalized spacial score (nSPS) is 25.3. The Bertz CT molecular complexity index is 526. The zero-order chi connectivity index (χ0) is 14.1. The number of nitrogens with one attached hydrogen (secondary N) is 1. The summed E-state index contributed by atoms with van der Waals surface area (Å²) in [5.41, 5.74) is 6.25. The molecule has 1 aromatic rings. The zero-order valence-electron chi connectivity index (χ0n) is 11.3. The lowest BCUT2D eigenvalue weighted by atomic mass is 10.1. The molecule has 2 aliphatic rings. The van der Waals surface area contributed by atoms with Gasteiger partial charge in [0, 0.05) is 36.3 Å². The molecule has 2 aliphatic heterocycles. The van der Waals surface area contributed by atoms with Gasteiger partial charge < -0.3 is 16.0 Å². The summed E-state index contributed by atoms with van der Waals surface area (Å²) in [7, 11) is 0. The van der Waals surface area contributed by atoms with Crippen molar-refractivity contribution in [2.45, 2.75) is 31.3 Å². The monoisotopic (exact) mass is 273 g/mol. The molecule has 0 saturated carbocycles. The summed E-state index contributed by atoms with van der Waals surface area (Å²) >= 11 is 0. The van der Waals surface area contributed by atoms with Crippen molar-refractivity contribution in [1.29, 1.82) is 0 Å². The van der Waals surface area contributed by atoms with E-state index in [1.54, 1.807) is 24.3 Å². The fraction of sp³-hybridized carbons (Fsp3) is 0.467. The first kappa shape index (κ1) is 13.1. The van der Waals surface area contributed by atoms with Crippen molar-refractivity contribution in [2.24, 2.45) is 5.73 Å². The lowest BCUT2D eigenvalue weighted by molar-refractivity contribution is 0.0747. The molecule has 5 heteroatoms. The first-order valence-electron chi connectivity index (χ1n) is 7.08. The molecule has 2 heterocycles. The molecule has 0 spiro atoms. The molecule has 5 nitrogen and oxygen atoms in total. The molecule has 106 valence electrons. The van der Waals surface area contributed by atoms with Crippen LogP contribution in [0.1, 0.15) is 40.0 Å². The van der Waals surface area contributed by atoms with Crippen molar-refractivity contribution >= 4 is 11.8 Å². The van der Waals surface area contributed by atoms with E-state index in [1.165, 1.54) is 6.42 Å². The van der Waals surface area contributed by atoms with Gasteiger partial charge >= 0.3 is 0 Å². The summed E-state index contributed by atoms with van der Waals surface area (Å²) in [5, 5.41) is 3.56. The summed E-state index contributed by atoms with van der Waals surface area (Å²) < 4.78 is 0. The first-order valence-corrected chi connectivity index (χ1v) is 7.08. The molecular weight excluding hydrogens is 254 g/mol. The van der Waals surface area contributed by atoms with Crippen LogP contribution >= 0.6 is 0 Å². The average molecular weight is 273 g/mol. The summed E-state index contributed by atoms with van der Waals surface area (Å²) in [6, 6.07) is 7.57. The largest absolute Gasteiger partial charge is 0.366 e. The van der Waals surface area contributed by atoms with Gasteiger partial charge in [-0.3, -0.25) is 9.59 Å². The summed E-state index contributed by atoms with van der Waals surface area (Å²) in [6.45, 7) is 1.57.